The van der Waals surface area contributed by atoms with Crippen molar-refractivity contribution in [1.29, 1.82) is 0 Å². The molecule has 0 radical (unpaired) electrons. The average molecular weight is 456 g/mol. The number of anilines is 1. The standard InChI is InChI=1S/C23H26ClN5O3/c1-31-11-8-25-18-6-9-28(15-18)22-5-4-20(14-27-22)29-10-7-21(12-23(29)30)32-16-19-3-2-17(24)13-26-19/h2-5,7,10,12-14,18,25H,6,8-9,11,15-16H2,1H3. The van der Waals surface area contributed by atoms with Crippen LogP contribution >= 0.6 is 11.6 Å². The zero-order chi connectivity index (χ0) is 22.3. The van der Waals surface area contributed by atoms with Gasteiger partial charge in [0.05, 0.1) is 29.2 Å². The highest BCUT2D eigenvalue weighted by atomic mass is 35.5. The van der Waals surface area contributed by atoms with Crippen LogP contribution in [0, 0.1) is 0 Å². The molecule has 1 fully saturated rings. The number of halogens is 1. The summed E-state index contributed by atoms with van der Waals surface area (Å²) in [4.78, 5) is 23.6. The fourth-order valence-corrected chi connectivity index (χ4v) is 3.73. The number of ether oxygens (including phenoxy) is 2. The molecule has 3 aromatic rings. The van der Waals surface area contributed by atoms with Crippen molar-refractivity contribution in [2.45, 2.75) is 19.1 Å². The summed E-state index contributed by atoms with van der Waals surface area (Å²) in [6, 6.07) is 11.0. The summed E-state index contributed by atoms with van der Waals surface area (Å²) in [6.45, 7) is 3.67. The number of pyridine rings is 3. The Morgan fingerprint density at radius 2 is 2.09 bits per heavy atom. The van der Waals surface area contributed by atoms with E-state index in [4.69, 9.17) is 21.1 Å². The minimum absolute atomic E-state index is 0.190. The number of nitrogens with one attached hydrogen (secondary N) is 1. The molecule has 0 spiro atoms. The first-order chi connectivity index (χ1) is 15.6. The largest absolute Gasteiger partial charge is 0.487 e. The Kier molecular flexibility index (Phi) is 7.36. The number of hydrogen-bond acceptors (Lipinski definition) is 7. The first-order valence-corrected chi connectivity index (χ1v) is 10.9. The first kappa shape index (κ1) is 22.3. The number of methoxy groups -OCH3 is 1. The molecule has 8 nitrogen and oxygen atoms in total. The topological polar surface area (TPSA) is 81.5 Å². The van der Waals surface area contributed by atoms with Crippen molar-refractivity contribution < 1.29 is 9.47 Å². The monoisotopic (exact) mass is 455 g/mol. The Hall–Kier alpha value is -2.94. The molecule has 1 N–H and O–H groups in total. The van der Waals surface area contributed by atoms with Crippen LogP contribution in [0.25, 0.3) is 5.69 Å². The van der Waals surface area contributed by atoms with E-state index >= 15 is 0 Å². The first-order valence-electron chi connectivity index (χ1n) is 10.5. The summed E-state index contributed by atoms with van der Waals surface area (Å²) in [5.74, 6) is 1.39. The molecule has 1 saturated heterocycles. The van der Waals surface area contributed by atoms with Gasteiger partial charge >= 0.3 is 0 Å². The van der Waals surface area contributed by atoms with Gasteiger partial charge in [-0.05, 0) is 36.8 Å². The molecule has 4 heterocycles. The van der Waals surface area contributed by atoms with Gasteiger partial charge in [0.25, 0.3) is 5.56 Å². The highest BCUT2D eigenvalue weighted by Gasteiger charge is 2.22. The summed E-state index contributed by atoms with van der Waals surface area (Å²) < 4.78 is 12.3. The normalized spacial score (nSPS) is 15.8. The van der Waals surface area contributed by atoms with Crippen LogP contribution in [0.1, 0.15) is 12.1 Å². The molecule has 32 heavy (non-hydrogen) atoms. The minimum Gasteiger partial charge on any atom is -0.487 e. The Labute approximate surface area is 191 Å². The van der Waals surface area contributed by atoms with Crippen LogP contribution in [-0.2, 0) is 11.3 Å². The third-order valence-electron chi connectivity index (χ3n) is 5.33. The van der Waals surface area contributed by atoms with Gasteiger partial charge in [0.2, 0.25) is 0 Å². The van der Waals surface area contributed by atoms with E-state index < -0.39 is 0 Å². The molecule has 1 atom stereocenters. The smallest absolute Gasteiger partial charge is 0.258 e. The van der Waals surface area contributed by atoms with Crippen molar-refractivity contribution >= 4 is 17.4 Å². The van der Waals surface area contributed by atoms with Crippen LogP contribution in [0.4, 0.5) is 5.82 Å². The van der Waals surface area contributed by atoms with Crippen molar-refractivity contribution in [3.05, 3.63) is 76.1 Å². The van der Waals surface area contributed by atoms with Crippen molar-refractivity contribution in [2.24, 2.45) is 0 Å². The molecule has 0 bridgehead atoms. The second-order valence-electron chi connectivity index (χ2n) is 7.58. The molecule has 1 unspecified atom stereocenters. The lowest BCUT2D eigenvalue weighted by molar-refractivity contribution is 0.196. The summed E-state index contributed by atoms with van der Waals surface area (Å²) in [6.07, 6.45) is 6.05. The summed E-state index contributed by atoms with van der Waals surface area (Å²) in [7, 11) is 1.71. The highest BCUT2D eigenvalue weighted by molar-refractivity contribution is 6.30. The van der Waals surface area contributed by atoms with E-state index in [9.17, 15) is 4.79 Å². The lowest BCUT2D eigenvalue weighted by atomic mass is 10.3. The van der Waals surface area contributed by atoms with E-state index in [-0.39, 0.29) is 12.2 Å². The molecule has 9 heteroatoms. The lowest BCUT2D eigenvalue weighted by Crippen LogP contribution is -2.34. The Bertz CT molecular complexity index is 1070. The van der Waals surface area contributed by atoms with E-state index in [1.807, 2.05) is 12.1 Å². The third-order valence-corrected chi connectivity index (χ3v) is 5.55. The van der Waals surface area contributed by atoms with Gasteiger partial charge in [0.15, 0.2) is 0 Å². The summed E-state index contributed by atoms with van der Waals surface area (Å²) in [5.41, 5.74) is 1.25. The summed E-state index contributed by atoms with van der Waals surface area (Å²) in [5, 5.41) is 4.06. The third kappa shape index (κ3) is 5.64. The minimum atomic E-state index is -0.190. The van der Waals surface area contributed by atoms with Gasteiger partial charge in [0, 0.05) is 51.2 Å². The van der Waals surface area contributed by atoms with Gasteiger partial charge in [-0.1, -0.05) is 11.6 Å². The molecular formula is C23H26ClN5O3. The molecule has 4 rings (SSSR count). The average Bonchev–Trinajstić information content (AvgIpc) is 3.28. The number of aromatic nitrogens is 3. The van der Waals surface area contributed by atoms with E-state index in [2.05, 4.69) is 20.2 Å². The molecular weight excluding hydrogens is 430 g/mol. The van der Waals surface area contributed by atoms with Crippen molar-refractivity contribution in [1.82, 2.24) is 19.9 Å². The van der Waals surface area contributed by atoms with Gasteiger partial charge in [-0.3, -0.25) is 14.3 Å². The molecule has 0 aliphatic carbocycles. The van der Waals surface area contributed by atoms with E-state index in [0.717, 1.165) is 37.6 Å². The molecule has 1 aliphatic heterocycles. The maximum atomic E-state index is 12.6. The molecule has 0 aromatic carbocycles. The second-order valence-corrected chi connectivity index (χ2v) is 8.02. The molecule has 168 valence electrons. The number of nitrogens with zero attached hydrogens (tertiary/aromatic N) is 4. The lowest BCUT2D eigenvalue weighted by Gasteiger charge is -2.18. The van der Waals surface area contributed by atoms with Crippen LogP contribution in [0.2, 0.25) is 5.02 Å². The van der Waals surface area contributed by atoms with E-state index in [1.54, 1.807) is 48.5 Å². The highest BCUT2D eigenvalue weighted by Crippen LogP contribution is 2.19. The number of rotatable bonds is 9. The number of hydrogen-bond donors (Lipinski definition) is 1. The fourth-order valence-electron chi connectivity index (χ4n) is 3.62. The SMILES string of the molecule is COCCNC1CCN(c2ccc(-n3ccc(OCc4ccc(Cl)cn4)cc3=O)cn2)C1. The fraction of sp³-hybridized carbons (Fsp3) is 0.348. The van der Waals surface area contributed by atoms with Crippen LogP contribution in [-0.4, -0.2) is 53.9 Å². The second kappa shape index (κ2) is 10.6. The van der Waals surface area contributed by atoms with E-state index in [0.29, 0.717) is 29.1 Å². The molecule has 1 aliphatic rings. The Morgan fingerprint density at radius 3 is 2.81 bits per heavy atom. The predicted molar refractivity (Wildman–Crippen MR) is 124 cm³/mol. The van der Waals surface area contributed by atoms with Gasteiger partial charge in [-0.2, -0.15) is 0 Å². The quantitative estimate of drug-likeness (QED) is 0.497. The maximum absolute atomic E-state index is 12.6. The molecule has 0 saturated carbocycles. The maximum Gasteiger partial charge on any atom is 0.258 e. The Morgan fingerprint density at radius 1 is 1.19 bits per heavy atom. The van der Waals surface area contributed by atoms with Crippen LogP contribution in [0.5, 0.6) is 5.75 Å². The zero-order valence-electron chi connectivity index (χ0n) is 17.9. The van der Waals surface area contributed by atoms with Crippen LogP contribution in [0.3, 0.4) is 0 Å². The van der Waals surface area contributed by atoms with Crippen molar-refractivity contribution in [2.75, 3.05) is 38.3 Å². The van der Waals surface area contributed by atoms with Gasteiger partial charge in [-0.25, -0.2) is 4.98 Å². The Balaban J connectivity index is 1.36. The molecule has 3 aromatic heterocycles. The van der Waals surface area contributed by atoms with Gasteiger partial charge in [0.1, 0.15) is 18.2 Å². The van der Waals surface area contributed by atoms with Crippen molar-refractivity contribution in [3.8, 4) is 11.4 Å². The van der Waals surface area contributed by atoms with Crippen LogP contribution < -0.4 is 20.5 Å². The van der Waals surface area contributed by atoms with Crippen molar-refractivity contribution in [3.63, 3.8) is 0 Å². The summed E-state index contributed by atoms with van der Waals surface area (Å²) >= 11 is 5.84. The molecule has 0 amide bonds. The predicted octanol–water partition coefficient (Wildman–Crippen LogP) is 2.67. The van der Waals surface area contributed by atoms with E-state index in [1.165, 1.54) is 6.07 Å². The zero-order valence-corrected chi connectivity index (χ0v) is 18.7. The van der Waals surface area contributed by atoms with Crippen LogP contribution in [0.15, 0.2) is 59.8 Å². The van der Waals surface area contributed by atoms with Gasteiger partial charge in [-0.15, -0.1) is 0 Å². The van der Waals surface area contributed by atoms with Gasteiger partial charge < -0.3 is 19.7 Å².